The first-order valence-corrected chi connectivity index (χ1v) is 28.9. The number of hydrogen-bond acceptors (Lipinski definition) is 7. The zero-order chi connectivity index (χ0) is 48.7. The molecule has 9 nitrogen and oxygen atoms in total. The van der Waals surface area contributed by atoms with Crippen molar-refractivity contribution in [1.29, 1.82) is 0 Å². The summed E-state index contributed by atoms with van der Waals surface area (Å²) >= 11 is 0. The zero-order valence-electron chi connectivity index (χ0n) is 43.9. The van der Waals surface area contributed by atoms with Crippen LogP contribution in [-0.4, -0.2) is 69.4 Å². The van der Waals surface area contributed by atoms with Gasteiger partial charge in [0, 0.05) is 12.8 Å². The second-order valence-corrected chi connectivity index (χ2v) is 21.2. The summed E-state index contributed by atoms with van der Waals surface area (Å²) in [5, 5.41) is 3.00. The van der Waals surface area contributed by atoms with Crippen LogP contribution in [0.5, 0.6) is 0 Å². The number of hydrogen-bond donors (Lipinski definition) is 1. The van der Waals surface area contributed by atoms with Crippen molar-refractivity contribution >= 4 is 19.7 Å². The Morgan fingerprint density at radius 3 is 1.42 bits per heavy atom. The van der Waals surface area contributed by atoms with Crippen LogP contribution in [0.3, 0.4) is 0 Å². The molecular formula is C56H105N2O7P. The summed E-state index contributed by atoms with van der Waals surface area (Å²) in [7, 11) is 1.17. The highest BCUT2D eigenvalue weighted by molar-refractivity contribution is 7.45. The molecule has 1 N–H and O–H groups in total. The van der Waals surface area contributed by atoms with E-state index in [1.54, 1.807) is 0 Å². The van der Waals surface area contributed by atoms with Crippen LogP contribution < -0.4 is 10.2 Å². The predicted octanol–water partition coefficient (Wildman–Crippen LogP) is 15.5. The Kier molecular flexibility index (Phi) is 45.3. The van der Waals surface area contributed by atoms with Gasteiger partial charge >= 0.3 is 5.97 Å². The first-order valence-electron chi connectivity index (χ1n) is 27.5. The summed E-state index contributed by atoms with van der Waals surface area (Å²) in [4.78, 5) is 39.7. The molecule has 0 saturated carbocycles. The molecule has 386 valence electrons. The number of ether oxygens (including phenoxy) is 1. The quantitative estimate of drug-likeness (QED) is 0.0161. The molecule has 66 heavy (non-hydrogen) atoms. The molecule has 0 aromatic rings. The lowest BCUT2D eigenvalue weighted by atomic mass is 10.1. The van der Waals surface area contributed by atoms with Crippen LogP contribution in [0.4, 0.5) is 0 Å². The van der Waals surface area contributed by atoms with Gasteiger partial charge in [-0.1, -0.05) is 198 Å². The van der Waals surface area contributed by atoms with Crippen molar-refractivity contribution in [1.82, 2.24) is 5.32 Å². The van der Waals surface area contributed by atoms with E-state index in [1.807, 2.05) is 33.3 Å². The van der Waals surface area contributed by atoms with Gasteiger partial charge in [-0.05, 0) is 83.1 Å². The minimum Gasteiger partial charge on any atom is -0.756 e. The average Bonchev–Trinajstić information content (AvgIpc) is 3.27. The SMILES string of the molecule is CCCCC/C=C/C=C/CCCCCCCCC(=O)OC(/C=C/CCCCCCCCCCC)C(COP(=O)([O-])OCC[N+](C)(C)C)NC(=O)CCCCC/C=C\CCCCCCCCC. The van der Waals surface area contributed by atoms with Gasteiger partial charge in [-0.2, -0.15) is 0 Å². The van der Waals surface area contributed by atoms with Crippen LogP contribution in [0.2, 0.25) is 0 Å². The second-order valence-electron chi connectivity index (χ2n) is 19.8. The highest BCUT2D eigenvalue weighted by Gasteiger charge is 2.27. The van der Waals surface area contributed by atoms with Gasteiger partial charge in [-0.3, -0.25) is 14.2 Å². The molecule has 3 unspecified atom stereocenters. The third kappa shape index (κ3) is 47.1. The van der Waals surface area contributed by atoms with E-state index in [0.29, 0.717) is 30.3 Å². The van der Waals surface area contributed by atoms with Crippen LogP contribution >= 0.6 is 7.82 Å². The predicted molar refractivity (Wildman–Crippen MR) is 279 cm³/mol. The lowest BCUT2D eigenvalue weighted by molar-refractivity contribution is -0.870. The molecule has 0 fully saturated rings. The number of phosphoric ester groups is 1. The maximum Gasteiger partial charge on any atom is 0.306 e. The van der Waals surface area contributed by atoms with E-state index in [0.717, 1.165) is 77.0 Å². The van der Waals surface area contributed by atoms with Gasteiger partial charge in [-0.15, -0.1) is 0 Å². The summed E-state index contributed by atoms with van der Waals surface area (Å²) in [6, 6.07) is -0.898. The normalized spacial score (nSPS) is 14.2. The fraction of sp³-hybridized carbons (Fsp3) is 0.821. The number of unbranched alkanes of at least 4 members (excludes halogenated alkanes) is 28. The molecule has 0 saturated heterocycles. The number of quaternary nitrogens is 1. The molecule has 10 heteroatoms. The number of carbonyl (C=O) groups is 2. The van der Waals surface area contributed by atoms with E-state index in [1.165, 1.54) is 122 Å². The van der Waals surface area contributed by atoms with E-state index in [9.17, 15) is 19.0 Å². The lowest BCUT2D eigenvalue weighted by Gasteiger charge is -2.30. The minimum absolute atomic E-state index is 0.0272. The van der Waals surface area contributed by atoms with Crippen LogP contribution in [0.25, 0.3) is 0 Å². The van der Waals surface area contributed by atoms with Crippen LogP contribution in [0.1, 0.15) is 245 Å². The standard InChI is InChI=1S/C56H105N2O7P/c1-7-10-13-16-19-22-25-27-29-31-34-37-40-43-46-49-56(60)65-54(47-44-41-38-35-32-24-21-18-15-12-9-3)53(52-64-66(61,62)63-51-50-58(4,5)6)57-55(59)48-45-42-39-36-33-30-28-26-23-20-17-14-11-8-2/h19,22,25,27,30,33,44,47,53-54H,7-18,20-21,23-24,26,28-29,31-32,34-43,45-46,48-52H2,1-6H3,(H-,57,59,61,62)/b22-19+,27-25+,33-30-,47-44+. The third-order valence-corrected chi connectivity index (χ3v) is 13.0. The van der Waals surface area contributed by atoms with Crippen molar-refractivity contribution in [2.24, 2.45) is 0 Å². The number of amides is 1. The van der Waals surface area contributed by atoms with Gasteiger partial charge in [0.1, 0.15) is 19.3 Å². The fourth-order valence-corrected chi connectivity index (χ4v) is 8.41. The van der Waals surface area contributed by atoms with E-state index in [-0.39, 0.29) is 24.9 Å². The molecular weight excluding hydrogens is 844 g/mol. The number of esters is 1. The zero-order valence-corrected chi connectivity index (χ0v) is 44.8. The van der Waals surface area contributed by atoms with Crippen LogP contribution in [-0.2, 0) is 27.9 Å². The number of likely N-dealkylation sites (N-methyl/N-ethyl adjacent to an activating group) is 1. The van der Waals surface area contributed by atoms with Crippen LogP contribution in [0, 0.1) is 0 Å². The molecule has 0 aromatic heterocycles. The number of rotatable bonds is 49. The van der Waals surface area contributed by atoms with Gasteiger partial charge in [0.25, 0.3) is 7.82 Å². The number of carbonyl (C=O) groups excluding carboxylic acids is 2. The molecule has 0 aliphatic rings. The molecule has 0 heterocycles. The molecule has 0 aliphatic carbocycles. The van der Waals surface area contributed by atoms with Gasteiger partial charge in [0.05, 0.1) is 33.8 Å². The first-order chi connectivity index (χ1) is 31.9. The van der Waals surface area contributed by atoms with Gasteiger partial charge in [-0.25, -0.2) is 0 Å². The summed E-state index contributed by atoms with van der Waals surface area (Å²) in [6.07, 6.45) is 55.0. The maximum absolute atomic E-state index is 13.4. The van der Waals surface area contributed by atoms with Crippen LogP contribution in [0.15, 0.2) is 48.6 Å². The Morgan fingerprint density at radius 1 is 0.530 bits per heavy atom. The Bertz CT molecular complexity index is 1280. The van der Waals surface area contributed by atoms with E-state index in [2.05, 4.69) is 62.5 Å². The third-order valence-electron chi connectivity index (χ3n) is 12.0. The smallest absolute Gasteiger partial charge is 0.306 e. The first kappa shape index (κ1) is 64.0. The maximum atomic E-state index is 13.4. The number of nitrogens with zero attached hydrogens (tertiary/aromatic N) is 1. The topological polar surface area (TPSA) is 114 Å². The highest BCUT2D eigenvalue weighted by Crippen LogP contribution is 2.38. The Morgan fingerprint density at radius 2 is 0.924 bits per heavy atom. The minimum atomic E-state index is -4.69. The molecule has 0 radical (unpaired) electrons. The van der Waals surface area contributed by atoms with Gasteiger partial charge < -0.3 is 28.5 Å². The van der Waals surface area contributed by atoms with Crippen molar-refractivity contribution in [3.63, 3.8) is 0 Å². The molecule has 0 aromatic carbocycles. The Labute approximate surface area is 408 Å². The largest absolute Gasteiger partial charge is 0.756 e. The monoisotopic (exact) mass is 949 g/mol. The summed E-state index contributed by atoms with van der Waals surface area (Å²) in [6.45, 7) is 6.77. The molecule has 3 atom stereocenters. The Hall–Kier alpha value is -2.03. The summed E-state index contributed by atoms with van der Waals surface area (Å²) in [5.41, 5.74) is 0. The van der Waals surface area contributed by atoms with Crippen molar-refractivity contribution in [3.8, 4) is 0 Å². The van der Waals surface area contributed by atoms with Gasteiger partial charge in [0.2, 0.25) is 5.91 Å². The van der Waals surface area contributed by atoms with Crippen molar-refractivity contribution < 1.29 is 37.3 Å². The number of allylic oxidation sites excluding steroid dienone is 7. The molecule has 0 bridgehead atoms. The van der Waals surface area contributed by atoms with Crippen molar-refractivity contribution in [2.75, 3.05) is 40.9 Å². The average molecular weight is 949 g/mol. The van der Waals surface area contributed by atoms with E-state index in [4.69, 9.17) is 13.8 Å². The lowest BCUT2D eigenvalue weighted by Crippen LogP contribution is -2.47. The molecule has 0 aliphatic heterocycles. The molecule has 0 rings (SSSR count). The van der Waals surface area contributed by atoms with E-state index >= 15 is 0 Å². The van der Waals surface area contributed by atoms with E-state index < -0.39 is 26.6 Å². The molecule has 1 amide bonds. The molecule has 0 spiro atoms. The summed E-state index contributed by atoms with van der Waals surface area (Å²) in [5.74, 6) is -0.572. The highest BCUT2D eigenvalue weighted by atomic mass is 31.2. The van der Waals surface area contributed by atoms with Crippen molar-refractivity contribution in [3.05, 3.63) is 48.6 Å². The second kappa shape index (κ2) is 46.7. The Balaban J connectivity index is 5.41. The number of nitrogens with one attached hydrogen (secondary N) is 1. The fourth-order valence-electron chi connectivity index (χ4n) is 7.68. The summed E-state index contributed by atoms with van der Waals surface area (Å²) < 4.78 is 30.1. The van der Waals surface area contributed by atoms with Gasteiger partial charge in [0.15, 0.2) is 0 Å². The number of phosphoric acid groups is 1. The van der Waals surface area contributed by atoms with Crippen molar-refractivity contribution in [2.45, 2.75) is 258 Å².